The number of hydrogen-bond acceptors (Lipinski definition) is 3. The number of amides is 2. The average molecular weight is 239 g/mol. The van der Waals surface area contributed by atoms with Crippen LogP contribution in [0.4, 0.5) is 10.1 Å². The van der Waals surface area contributed by atoms with Gasteiger partial charge in [0, 0.05) is 5.69 Å². The van der Waals surface area contributed by atoms with Crippen molar-refractivity contribution in [2.45, 2.75) is 19.9 Å². The van der Waals surface area contributed by atoms with E-state index in [1.165, 1.54) is 26.0 Å². The van der Waals surface area contributed by atoms with E-state index >= 15 is 0 Å². The lowest BCUT2D eigenvalue weighted by Gasteiger charge is -2.12. The second-order valence-electron chi connectivity index (χ2n) is 3.80. The monoisotopic (exact) mass is 239 g/mol. The molecule has 0 aliphatic carbocycles. The molecule has 1 atom stereocenters. The first-order valence-electron chi connectivity index (χ1n) is 4.98. The number of hydrogen-bond donors (Lipinski definition) is 3. The van der Waals surface area contributed by atoms with E-state index in [4.69, 9.17) is 11.5 Å². The lowest BCUT2D eigenvalue weighted by molar-refractivity contribution is -0.119. The number of halogens is 1. The smallest absolute Gasteiger partial charge is 0.254 e. The number of nitrogens with one attached hydrogen (secondary N) is 1. The number of carbonyl (C=O) groups excluding carboxylic acids is 2. The van der Waals surface area contributed by atoms with Crippen LogP contribution in [0, 0.1) is 12.7 Å². The van der Waals surface area contributed by atoms with Crippen LogP contribution >= 0.6 is 0 Å². The van der Waals surface area contributed by atoms with Gasteiger partial charge in [0.15, 0.2) is 0 Å². The zero-order chi connectivity index (χ0) is 13.2. The topological polar surface area (TPSA) is 98.2 Å². The molecule has 0 aliphatic rings. The Labute approximate surface area is 98.0 Å². The van der Waals surface area contributed by atoms with Crippen LogP contribution in [-0.4, -0.2) is 17.9 Å². The minimum Gasteiger partial charge on any atom is -0.399 e. The second kappa shape index (κ2) is 4.82. The molecule has 5 nitrogen and oxygen atoms in total. The Morgan fingerprint density at radius 2 is 2.00 bits per heavy atom. The van der Waals surface area contributed by atoms with Gasteiger partial charge in [-0.05, 0) is 31.5 Å². The number of rotatable bonds is 3. The summed E-state index contributed by atoms with van der Waals surface area (Å²) < 4.78 is 13.7. The first-order valence-corrected chi connectivity index (χ1v) is 4.98. The van der Waals surface area contributed by atoms with E-state index in [1.54, 1.807) is 0 Å². The number of primary amides is 1. The third kappa shape index (κ3) is 2.93. The van der Waals surface area contributed by atoms with Crippen molar-refractivity contribution in [3.05, 3.63) is 29.1 Å². The predicted octanol–water partition coefficient (Wildman–Crippen LogP) is 0.320. The number of nitrogen functional groups attached to an aromatic ring is 1. The minimum absolute atomic E-state index is 0.199. The largest absolute Gasteiger partial charge is 0.399 e. The fourth-order valence-corrected chi connectivity index (χ4v) is 1.31. The Hall–Kier alpha value is -2.11. The fourth-order valence-electron chi connectivity index (χ4n) is 1.31. The molecular formula is C11H14FN3O2. The standard InChI is InChI=1S/C11H14FN3O2/c1-5-3-7(13)4-8(9(5)12)11(17)15-6(2)10(14)16/h3-4,6H,13H2,1-2H3,(H2,14,16)(H,15,17). The van der Waals surface area contributed by atoms with Crippen LogP contribution in [0.1, 0.15) is 22.8 Å². The molecule has 1 rings (SSSR count). The van der Waals surface area contributed by atoms with E-state index in [0.717, 1.165) is 0 Å². The molecule has 1 aromatic rings. The van der Waals surface area contributed by atoms with E-state index in [9.17, 15) is 14.0 Å². The van der Waals surface area contributed by atoms with Crippen LogP contribution in [0.5, 0.6) is 0 Å². The zero-order valence-corrected chi connectivity index (χ0v) is 9.58. The van der Waals surface area contributed by atoms with Gasteiger partial charge in [0.05, 0.1) is 5.56 Å². The fraction of sp³-hybridized carbons (Fsp3) is 0.273. The molecule has 0 aliphatic heterocycles. The van der Waals surface area contributed by atoms with Crippen LogP contribution in [0.2, 0.25) is 0 Å². The summed E-state index contributed by atoms with van der Waals surface area (Å²) in [6, 6.07) is 1.76. The molecule has 0 radical (unpaired) electrons. The lowest BCUT2D eigenvalue weighted by atomic mass is 10.1. The van der Waals surface area contributed by atoms with Crippen LogP contribution in [0.3, 0.4) is 0 Å². The van der Waals surface area contributed by atoms with Crippen molar-refractivity contribution in [3.63, 3.8) is 0 Å². The van der Waals surface area contributed by atoms with Crippen molar-refractivity contribution in [2.24, 2.45) is 5.73 Å². The SMILES string of the molecule is Cc1cc(N)cc(C(=O)NC(C)C(N)=O)c1F. The maximum absolute atomic E-state index is 13.7. The number of aryl methyl sites for hydroxylation is 1. The first-order chi connectivity index (χ1) is 7.82. The van der Waals surface area contributed by atoms with Gasteiger partial charge in [-0.25, -0.2) is 4.39 Å². The second-order valence-corrected chi connectivity index (χ2v) is 3.80. The van der Waals surface area contributed by atoms with Crippen LogP contribution in [0.25, 0.3) is 0 Å². The lowest BCUT2D eigenvalue weighted by Crippen LogP contribution is -2.42. The Balaban J connectivity index is 3.01. The summed E-state index contributed by atoms with van der Waals surface area (Å²) in [6.07, 6.45) is 0. The van der Waals surface area contributed by atoms with Gasteiger partial charge in [0.2, 0.25) is 5.91 Å². The van der Waals surface area contributed by atoms with E-state index in [2.05, 4.69) is 5.32 Å². The normalized spacial score (nSPS) is 11.9. The highest BCUT2D eigenvalue weighted by Gasteiger charge is 2.18. The molecule has 0 fully saturated rings. The van der Waals surface area contributed by atoms with Crippen LogP contribution < -0.4 is 16.8 Å². The highest BCUT2D eigenvalue weighted by Crippen LogP contribution is 2.17. The molecule has 17 heavy (non-hydrogen) atoms. The van der Waals surface area contributed by atoms with Crippen LogP contribution in [-0.2, 0) is 4.79 Å². The van der Waals surface area contributed by atoms with Crippen molar-refractivity contribution >= 4 is 17.5 Å². The van der Waals surface area contributed by atoms with Gasteiger partial charge in [0.1, 0.15) is 11.9 Å². The maximum Gasteiger partial charge on any atom is 0.254 e. The van der Waals surface area contributed by atoms with Crippen LogP contribution in [0.15, 0.2) is 12.1 Å². The molecule has 92 valence electrons. The van der Waals surface area contributed by atoms with Gasteiger partial charge >= 0.3 is 0 Å². The van der Waals surface area contributed by atoms with Crippen molar-refractivity contribution in [2.75, 3.05) is 5.73 Å². The summed E-state index contributed by atoms with van der Waals surface area (Å²) in [6.45, 7) is 2.91. The molecular weight excluding hydrogens is 225 g/mol. The van der Waals surface area contributed by atoms with Gasteiger partial charge in [-0.15, -0.1) is 0 Å². The van der Waals surface area contributed by atoms with Crippen molar-refractivity contribution in [3.8, 4) is 0 Å². The average Bonchev–Trinajstić information content (AvgIpc) is 2.22. The number of anilines is 1. The molecule has 0 bridgehead atoms. The Kier molecular flexibility index (Phi) is 3.67. The zero-order valence-electron chi connectivity index (χ0n) is 9.58. The summed E-state index contributed by atoms with van der Waals surface area (Å²) in [4.78, 5) is 22.4. The Morgan fingerprint density at radius 3 is 2.53 bits per heavy atom. The molecule has 1 aromatic carbocycles. The number of carbonyl (C=O) groups is 2. The molecule has 0 spiro atoms. The first kappa shape index (κ1) is 13.0. The van der Waals surface area contributed by atoms with Crippen molar-refractivity contribution in [1.82, 2.24) is 5.32 Å². The number of benzene rings is 1. The highest BCUT2D eigenvalue weighted by atomic mass is 19.1. The molecule has 2 amide bonds. The van der Waals surface area contributed by atoms with E-state index in [0.29, 0.717) is 0 Å². The Morgan fingerprint density at radius 1 is 1.41 bits per heavy atom. The molecule has 0 heterocycles. The third-order valence-corrected chi connectivity index (χ3v) is 2.30. The summed E-state index contributed by atoms with van der Waals surface area (Å²) in [5.74, 6) is -2.07. The maximum atomic E-state index is 13.7. The molecule has 1 unspecified atom stereocenters. The predicted molar refractivity (Wildman–Crippen MR) is 61.7 cm³/mol. The molecule has 5 N–H and O–H groups in total. The van der Waals surface area contributed by atoms with Gasteiger partial charge < -0.3 is 16.8 Å². The van der Waals surface area contributed by atoms with Crippen molar-refractivity contribution in [1.29, 1.82) is 0 Å². The number of nitrogens with two attached hydrogens (primary N) is 2. The summed E-state index contributed by atoms with van der Waals surface area (Å²) in [5.41, 5.74) is 10.9. The third-order valence-electron chi connectivity index (χ3n) is 2.30. The Bertz CT molecular complexity index is 474. The molecule has 0 aromatic heterocycles. The molecule has 6 heteroatoms. The summed E-state index contributed by atoms with van der Waals surface area (Å²) in [7, 11) is 0. The molecule has 0 saturated carbocycles. The quantitative estimate of drug-likeness (QED) is 0.662. The van der Waals surface area contributed by atoms with E-state index < -0.39 is 23.7 Å². The van der Waals surface area contributed by atoms with Gasteiger partial charge in [0.25, 0.3) is 5.91 Å². The highest BCUT2D eigenvalue weighted by molar-refractivity contribution is 5.98. The van der Waals surface area contributed by atoms with Gasteiger partial charge in [-0.3, -0.25) is 9.59 Å². The minimum atomic E-state index is -0.872. The van der Waals surface area contributed by atoms with Gasteiger partial charge in [-0.2, -0.15) is 0 Å². The molecule has 0 saturated heterocycles. The van der Waals surface area contributed by atoms with E-state index in [1.807, 2.05) is 0 Å². The summed E-state index contributed by atoms with van der Waals surface area (Å²) in [5, 5.41) is 2.28. The van der Waals surface area contributed by atoms with Crippen molar-refractivity contribution < 1.29 is 14.0 Å². The van der Waals surface area contributed by atoms with E-state index in [-0.39, 0.29) is 16.8 Å². The van der Waals surface area contributed by atoms with Gasteiger partial charge in [-0.1, -0.05) is 0 Å². The summed E-state index contributed by atoms with van der Waals surface area (Å²) >= 11 is 0.